The third-order valence-corrected chi connectivity index (χ3v) is 3.12. The van der Waals surface area contributed by atoms with Crippen LogP contribution in [0, 0.1) is 11.7 Å². The largest absolute Gasteiger partial charge is 0.481 e. The zero-order valence-electron chi connectivity index (χ0n) is 13.0. The lowest BCUT2D eigenvalue weighted by Crippen LogP contribution is -2.37. The number of benzene rings is 1. The van der Waals surface area contributed by atoms with Crippen LogP contribution in [-0.2, 0) is 4.79 Å². The zero-order valence-corrected chi connectivity index (χ0v) is 13.0. The number of hydrogen-bond donors (Lipinski definition) is 2. The molecule has 1 unspecified atom stereocenters. The van der Waals surface area contributed by atoms with Gasteiger partial charge in [-0.2, -0.15) is 0 Å². The maximum absolute atomic E-state index is 13.2. The van der Waals surface area contributed by atoms with Gasteiger partial charge in [-0.15, -0.1) is 0 Å². The van der Waals surface area contributed by atoms with Crippen LogP contribution in [0.15, 0.2) is 18.2 Å². The van der Waals surface area contributed by atoms with Gasteiger partial charge < -0.3 is 15.2 Å². The van der Waals surface area contributed by atoms with Gasteiger partial charge in [0.15, 0.2) is 6.10 Å². The molecule has 1 rings (SSSR count). The molecule has 0 saturated carbocycles. The Balaban J connectivity index is 2.65. The van der Waals surface area contributed by atoms with E-state index in [9.17, 15) is 14.3 Å². The minimum absolute atomic E-state index is 0.225. The first-order valence-corrected chi connectivity index (χ1v) is 7.23. The van der Waals surface area contributed by atoms with Gasteiger partial charge in [-0.1, -0.05) is 13.8 Å². The smallest absolute Gasteiger partial charge is 0.260 e. The molecule has 0 bridgehead atoms. The van der Waals surface area contributed by atoms with E-state index in [-0.39, 0.29) is 5.91 Å². The van der Waals surface area contributed by atoms with E-state index in [1.807, 2.05) is 0 Å². The Bertz CT molecular complexity index is 475. The minimum atomic E-state index is -0.869. The SMILES string of the molecule is CC(C)CCNC(=O)C(C)Oc1ccc(F)cc1[C@H](C)O. The number of aliphatic hydroxyl groups is 1. The van der Waals surface area contributed by atoms with Crippen LogP contribution in [-0.4, -0.2) is 23.7 Å². The molecule has 0 aliphatic rings. The molecule has 0 saturated heterocycles. The van der Waals surface area contributed by atoms with Crippen molar-refractivity contribution in [2.24, 2.45) is 5.92 Å². The highest BCUT2D eigenvalue weighted by Crippen LogP contribution is 2.26. The van der Waals surface area contributed by atoms with Crippen molar-refractivity contribution in [3.63, 3.8) is 0 Å². The maximum Gasteiger partial charge on any atom is 0.260 e. The average molecular weight is 297 g/mol. The summed E-state index contributed by atoms with van der Waals surface area (Å²) in [5.74, 6) is 0.155. The molecule has 5 heteroatoms. The molecule has 2 N–H and O–H groups in total. The standard InChI is InChI=1S/C16H24FNO3/c1-10(2)7-8-18-16(20)12(4)21-15-6-5-13(17)9-14(15)11(3)19/h5-6,9-12,19H,7-8H2,1-4H3,(H,18,20)/t11-,12?/m0/s1. The summed E-state index contributed by atoms with van der Waals surface area (Å²) in [6.07, 6.45) is -0.680. The van der Waals surface area contributed by atoms with Crippen LogP contribution in [0.25, 0.3) is 0 Å². The Morgan fingerprint density at radius 3 is 2.57 bits per heavy atom. The topological polar surface area (TPSA) is 58.6 Å². The Labute approximate surface area is 125 Å². The summed E-state index contributed by atoms with van der Waals surface area (Å²) >= 11 is 0. The first kappa shape index (κ1) is 17.4. The molecule has 118 valence electrons. The van der Waals surface area contributed by atoms with E-state index in [0.29, 0.717) is 23.8 Å². The van der Waals surface area contributed by atoms with Crippen molar-refractivity contribution in [3.05, 3.63) is 29.6 Å². The van der Waals surface area contributed by atoms with Crippen molar-refractivity contribution in [2.75, 3.05) is 6.54 Å². The van der Waals surface area contributed by atoms with Crippen LogP contribution in [0.5, 0.6) is 5.75 Å². The molecule has 4 nitrogen and oxygen atoms in total. The lowest BCUT2D eigenvalue weighted by Gasteiger charge is -2.18. The molecular formula is C16H24FNO3. The summed E-state index contributed by atoms with van der Waals surface area (Å²) in [6.45, 7) is 7.91. The lowest BCUT2D eigenvalue weighted by atomic mass is 10.1. The highest BCUT2D eigenvalue weighted by molar-refractivity contribution is 5.80. The quantitative estimate of drug-likeness (QED) is 0.813. The Kier molecular flexibility index (Phi) is 6.62. The molecule has 1 amide bonds. The van der Waals surface area contributed by atoms with Gasteiger partial charge in [-0.05, 0) is 44.4 Å². The van der Waals surface area contributed by atoms with Crippen LogP contribution in [0.4, 0.5) is 4.39 Å². The summed E-state index contributed by atoms with van der Waals surface area (Å²) < 4.78 is 18.7. The predicted molar refractivity (Wildman–Crippen MR) is 79.6 cm³/mol. The summed E-state index contributed by atoms with van der Waals surface area (Å²) in [5.41, 5.74) is 0.330. The molecule has 0 radical (unpaired) electrons. The Morgan fingerprint density at radius 1 is 1.33 bits per heavy atom. The molecule has 21 heavy (non-hydrogen) atoms. The predicted octanol–water partition coefficient (Wildman–Crippen LogP) is 2.81. The van der Waals surface area contributed by atoms with Crippen molar-refractivity contribution in [2.45, 2.75) is 46.3 Å². The fraction of sp³-hybridized carbons (Fsp3) is 0.562. The van der Waals surface area contributed by atoms with E-state index >= 15 is 0 Å². The summed E-state index contributed by atoms with van der Waals surface area (Å²) in [7, 11) is 0. The van der Waals surface area contributed by atoms with Crippen LogP contribution < -0.4 is 10.1 Å². The highest BCUT2D eigenvalue weighted by atomic mass is 19.1. The molecule has 0 aliphatic carbocycles. The molecule has 0 aromatic heterocycles. The summed E-state index contributed by atoms with van der Waals surface area (Å²) in [6, 6.07) is 3.88. The second-order valence-corrected chi connectivity index (χ2v) is 5.59. The van der Waals surface area contributed by atoms with Gasteiger partial charge in [0.05, 0.1) is 6.10 Å². The van der Waals surface area contributed by atoms with Gasteiger partial charge in [-0.3, -0.25) is 4.79 Å². The Hall–Kier alpha value is -1.62. The maximum atomic E-state index is 13.2. The van der Waals surface area contributed by atoms with Gasteiger partial charge in [-0.25, -0.2) is 4.39 Å². The van der Waals surface area contributed by atoms with Crippen molar-refractivity contribution >= 4 is 5.91 Å². The number of rotatable bonds is 7. The highest BCUT2D eigenvalue weighted by Gasteiger charge is 2.18. The van der Waals surface area contributed by atoms with Crippen molar-refractivity contribution < 1.29 is 19.0 Å². The van der Waals surface area contributed by atoms with Crippen LogP contribution in [0.2, 0.25) is 0 Å². The molecule has 0 heterocycles. The molecule has 1 aromatic carbocycles. The van der Waals surface area contributed by atoms with E-state index in [1.165, 1.54) is 25.1 Å². The van der Waals surface area contributed by atoms with Crippen molar-refractivity contribution in [1.29, 1.82) is 0 Å². The van der Waals surface area contributed by atoms with Crippen LogP contribution in [0.1, 0.15) is 45.8 Å². The van der Waals surface area contributed by atoms with Crippen molar-refractivity contribution in [1.82, 2.24) is 5.32 Å². The van der Waals surface area contributed by atoms with E-state index in [2.05, 4.69) is 19.2 Å². The minimum Gasteiger partial charge on any atom is -0.481 e. The fourth-order valence-corrected chi connectivity index (χ4v) is 1.82. The van der Waals surface area contributed by atoms with E-state index in [0.717, 1.165) is 6.42 Å². The number of hydrogen-bond acceptors (Lipinski definition) is 3. The van der Waals surface area contributed by atoms with E-state index in [4.69, 9.17) is 4.74 Å². The first-order chi connectivity index (χ1) is 9.81. The number of amides is 1. The molecule has 0 spiro atoms. The zero-order chi connectivity index (χ0) is 16.0. The average Bonchev–Trinajstić information content (AvgIpc) is 2.39. The number of carbonyl (C=O) groups is 1. The number of ether oxygens (including phenoxy) is 1. The third-order valence-electron chi connectivity index (χ3n) is 3.12. The number of nitrogens with one attached hydrogen (secondary N) is 1. The normalized spacial score (nSPS) is 13.9. The summed E-state index contributed by atoms with van der Waals surface area (Å²) in [4.78, 5) is 11.9. The second kappa shape index (κ2) is 7.98. The van der Waals surface area contributed by atoms with Crippen LogP contribution >= 0.6 is 0 Å². The van der Waals surface area contributed by atoms with Crippen molar-refractivity contribution in [3.8, 4) is 5.75 Å². The Morgan fingerprint density at radius 2 is 2.00 bits per heavy atom. The van der Waals surface area contributed by atoms with Gasteiger partial charge in [0.2, 0.25) is 0 Å². The number of halogens is 1. The monoisotopic (exact) mass is 297 g/mol. The van der Waals surface area contributed by atoms with E-state index < -0.39 is 18.0 Å². The molecular weight excluding hydrogens is 273 g/mol. The van der Waals surface area contributed by atoms with Gasteiger partial charge in [0, 0.05) is 12.1 Å². The number of aliphatic hydroxyl groups excluding tert-OH is 1. The number of carbonyl (C=O) groups excluding carboxylic acids is 1. The van der Waals surface area contributed by atoms with Gasteiger partial charge in [0.25, 0.3) is 5.91 Å². The summed E-state index contributed by atoms with van der Waals surface area (Å²) in [5, 5.41) is 12.4. The second-order valence-electron chi connectivity index (χ2n) is 5.59. The molecule has 2 atom stereocenters. The molecule has 0 fully saturated rings. The lowest BCUT2D eigenvalue weighted by molar-refractivity contribution is -0.127. The third kappa shape index (κ3) is 5.71. The van der Waals surface area contributed by atoms with Gasteiger partial charge >= 0.3 is 0 Å². The molecule has 1 aromatic rings. The first-order valence-electron chi connectivity index (χ1n) is 7.23. The van der Waals surface area contributed by atoms with E-state index in [1.54, 1.807) is 6.92 Å². The fourth-order valence-electron chi connectivity index (χ4n) is 1.82. The molecule has 0 aliphatic heterocycles. The van der Waals surface area contributed by atoms with Gasteiger partial charge in [0.1, 0.15) is 11.6 Å². The van der Waals surface area contributed by atoms with Crippen LogP contribution in [0.3, 0.4) is 0 Å².